The van der Waals surface area contributed by atoms with E-state index in [0.29, 0.717) is 16.8 Å². The molecule has 0 spiro atoms. The zero-order valence-corrected chi connectivity index (χ0v) is 15.7. The van der Waals surface area contributed by atoms with Crippen LogP contribution in [0.5, 0.6) is 0 Å². The lowest BCUT2D eigenvalue weighted by Gasteiger charge is -2.13. The molecule has 150 valence electrons. The third-order valence-corrected chi connectivity index (χ3v) is 4.66. The Morgan fingerprint density at radius 3 is 2.53 bits per heavy atom. The second-order valence-corrected chi connectivity index (χ2v) is 6.59. The first-order valence-corrected chi connectivity index (χ1v) is 8.99. The van der Waals surface area contributed by atoms with Gasteiger partial charge in [0, 0.05) is 40.8 Å². The molecule has 8 heteroatoms. The predicted molar refractivity (Wildman–Crippen MR) is 107 cm³/mol. The summed E-state index contributed by atoms with van der Waals surface area (Å²) < 4.78 is 38.6. The third kappa shape index (κ3) is 3.71. The number of carbonyl (C=O) groups is 1. The van der Waals surface area contributed by atoms with E-state index in [2.05, 4.69) is 20.3 Å². The van der Waals surface area contributed by atoms with E-state index in [0.717, 1.165) is 28.7 Å². The molecule has 0 fully saturated rings. The highest BCUT2D eigenvalue weighted by Crippen LogP contribution is 2.31. The van der Waals surface area contributed by atoms with Crippen molar-refractivity contribution < 1.29 is 18.0 Å². The minimum Gasteiger partial charge on any atom is -0.322 e. The van der Waals surface area contributed by atoms with Crippen LogP contribution in [0.15, 0.2) is 67.1 Å². The van der Waals surface area contributed by atoms with E-state index in [1.807, 2.05) is 30.3 Å². The fraction of sp³-hybridized carbons (Fsp3) is 0.0909. The number of fused-ring (bicyclic) bond motifs is 1. The van der Waals surface area contributed by atoms with Gasteiger partial charge < -0.3 is 5.32 Å². The molecule has 0 aliphatic heterocycles. The highest BCUT2D eigenvalue weighted by atomic mass is 19.4. The molecule has 0 bridgehead atoms. The van der Waals surface area contributed by atoms with E-state index in [1.54, 1.807) is 13.1 Å². The molecular weight excluding hydrogens is 393 g/mol. The minimum atomic E-state index is -4.59. The van der Waals surface area contributed by atoms with Crippen LogP contribution in [-0.2, 0) is 6.18 Å². The van der Waals surface area contributed by atoms with E-state index in [1.165, 1.54) is 18.3 Å². The lowest BCUT2D eigenvalue weighted by molar-refractivity contribution is -0.141. The van der Waals surface area contributed by atoms with Gasteiger partial charge in [-0.2, -0.15) is 13.2 Å². The van der Waals surface area contributed by atoms with E-state index >= 15 is 0 Å². The average molecular weight is 408 g/mol. The van der Waals surface area contributed by atoms with Gasteiger partial charge in [-0.05, 0) is 42.8 Å². The van der Waals surface area contributed by atoms with E-state index in [4.69, 9.17) is 0 Å². The largest absolute Gasteiger partial charge is 0.433 e. The molecule has 1 aromatic carbocycles. The van der Waals surface area contributed by atoms with Crippen LogP contribution in [-0.4, -0.2) is 20.9 Å². The molecule has 0 atom stereocenters. The Bertz CT molecular complexity index is 1250. The van der Waals surface area contributed by atoms with E-state index < -0.39 is 17.8 Å². The summed E-state index contributed by atoms with van der Waals surface area (Å²) in [6.07, 6.45) is -0.393. The van der Waals surface area contributed by atoms with Gasteiger partial charge in [0.25, 0.3) is 5.91 Å². The Morgan fingerprint density at radius 2 is 1.73 bits per heavy atom. The van der Waals surface area contributed by atoms with Gasteiger partial charge in [0.1, 0.15) is 5.69 Å². The molecule has 0 saturated heterocycles. The number of nitrogens with one attached hydrogen (secondary N) is 1. The topological polar surface area (TPSA) is 67.8 Å². The monoisotopic (exact) mass is 408 g/mol. The number of hydrogen-bond acceptors (Lipinski definition) is 4. The van der Waals surface area contributed by atoms with Crippen molar-refractivity contribution in [3.8, 4) is 11.3 Å². The highest BCUT2D eigenvalue weighted by molar-refractivity contribution is 6.06. The molecule has 30 heavy (non-hydrogen) atoms. The lowest BCUT2D eigenvalue weighted by atomic mass is 9.98. The van der Waals surface area contributed by atoms with Crippen LogP contribution in [0.1, 0.15) is 21.6 Å². The quantitative estimate of drug-likeness (QED) is 0.501. The van der Waals surface area contributed by atoms with Crippen LogP contribution in [0, 0.1) is 6.92 Å². The van der Waals surface area contributed by atoms with Crippen molar-refractivity contribution in [1.82, 2.24) is 15.0 Å². The first kappa shape index (κ1) is 19.5. The number of anilines is 1. The van der Waals surface area contributed by atoms with Crippen molar-refractivity contribution in [2.24, 2.45) is 0 Å². The molecule has 4 rings (SSSR count). The Labute approximate surface area is 169 Å². The lowest BCUT2D eigenvalue weighted by Crippen LogP contribution is -2.15. The van der Waals surface area contributed by atoms with Crippen molar-refractivity contribution in [1.29, 1.82) is 0 Å². The number of hydrogen-bond donors (Lipinski definition) is 1. The SMILES string of the molecule is Cc1c(C(=O)Nc2ccnc(C(F)(F)F)c2)ccnc1-c1cccc2ncccc12. The fourth-order valence-corrected chi connectivity index (χ4v) is 3.22. The molecule has 0 unspecified atom stereocenters. The van der Waals surface area contributed by atoms with Crippen LogP contribution in [0.3, 0.4) is 0 Å². The molecule has 0 radical (unpaired) electrons. The number of amides is 1. The third-order valence-electron chi connectivity index (χ3n) is 4.66. The maximum atomic E-state index is 12.9. The van der Waals surface area contributed by atoms with E-state index in [-0.39, 0.29) is 5.69 Å². The number of carbonyl (C=O) groups excluding carboxylic acids is 1. The fourth-order valence-electron chi connectivity index (χ4n) is 3.22. The second kappa shape index (κ2) is 7.55. The summed E-state index contributed by atoms with van der Waals surface area (Å²) in [6.45, 7) is 1.75. The molecule has 3 heterocycles. The summed E-state index contributed by atoms with van der Waals surface area (Å²) in [7, 11) is 0. The maximum Gasteiger partial charge on any atom is 0.433 e. The summed E-state index contributed by atoms with van der Waals surface area (Å²) in [5.74, 6) is -0.533. The Kier molecular flexibility index (Phi) is 4.91. The molecule has 1 N–H and O–H groups in total. The number of benzene rings is 1. The van der Waals surface area contributed by atoms with Crippen molar-refractivity contribution in [3.05, 3.63) is 83.9 Å². The summed E-state index contributed by atoms with van der Waals surface area (Å²) in [5.41, 5.74) is 2.07. The summed E-state index contributed by atoms with van der Waals surface area (Å²) >= 11 is 0. The number of rotatable bonds is 3. The number of nitrogens with zero attached hydrogens (tertiary/aromatic N) is 3. The maximum absolute atomic E-state index is 12.9. The second-order valence-electron chi connectivity index (χ2n) is 6.59. The van der Waals surface area contributed by atoms with Gasteiger partial charge in [-0.25, -0.2) is 0 Å². The van der Waals surface area contributed by atoms with Crippen molar-refractivity contribution in [2.45, 2.75) is 13.1 Å². The van der Waals surface area contributed by atoms with Crippen molar-refractivity contribution in [3.63, 3.8) is 0 Å². The van der Waals surface area contributed by atoms with Gasteiger partial charge in [-0.3, -0.25) is 19.7 Å². The summed E-state index contributed by atoms with van der Waals surface area (Å²) in [6, 6.07) is 13.0. The van der Waals surface area contributed by atoms with E-state index in [9.17, 15) is 18.0 Å². The van der Waals surface area contributed by atoms with Crippen LogP contribution in [0.4, 0.5) is 18.9 Å². The average Bonchev–Trinajstić information content (AvgIpc) is 2.73. The first-order valence-electron chi connectivity index (χ1n) is 8.99. The predicted octanol–water partition coefficient (Wildman–Crippen LogP) is 5.27. The normalized spacial score (nSPS) is 11.5. The van der Waals surface area contributed by atoms with Gasteiger partial charge in [0.05, 0.1) is 11.2 Å². The standard InChI is InChI=1S/C22H15F3N4O/c1-13-15(21(30)29-14-7-10-27-19(12-14)22(23,24)25)8-11-28-20(13)17-4-2-6-18-16(17)5-3-9-26-18/h2-12H,1H3,(H,27,29,30). The number of pyridine rings is 3. The highest BCUT2D eigenvalue weighted by Gasteiger charge is 2.32. The molecule has 4 aromatic rings. The van der Waals surface area contributed by atoms with Crippen LogP contribution in [0.2, 0.25) is 0 Å². The van der Waals surface area contributed by atoms with Crippen LogP contribution < -0.4 is 5.32 Å². The molecule has 3 aromatic heterocycles. The zero-order valence-electron chi connectivity index (χ0n) is 15.7. The number of halogens is 3. The molecule has 0 saturated carbocycles. The zero-order chi connectivity index (χ0) is 21.3. The van der Waals surface area contributed by atoms with Gasteiger partial charge in [0.2, 0.25) is 0 Å². The van der Waals surface area contributed by atoms with Gasteiger partial charge in [-0.1, -0.05) is 18.2 Å². The first-order chi connectivity index (χ1) is 14.3. The van der Waals surface area contributed by atoms with Gasteiger partial charge in [-0.15, -0.1) is 0 Å². The molecule has 0 aliphatic rings. The van der Waals surface area contributed by atoms with Crippen LogP contribution >= 0.6 is 0 Å². The van der Waals surface area contributed by atoms with Crippen molar-refractivity contribution in [2.75, 3.05) is 5.32 Å². The Balaban J connectivity index is 1.71. The smallest absolute Gasteiger partial charge is 0.322 e. The summed E-state index contributed by atoms with van der Waals surface area (Å²) in [5, 5.41) is 3.39. The number of alkyl halides is 3. The molecule has 5 nitrogen and oxygen atoms in total. The summed E-state index contributed by atoms with van der Waals surface area (Å²) in [4.78, 5) is 24.9. The minimum absolute atomic E-state index is 0.00875. The van der Waals surface area contributed by atoms with Gasteiger partial charge in [0.15, 0.2) is 0 Å². The van der Waals surface area contributed by atoms with Crippen molar-refractivity contribution >= 4 is 22.5 Å². The molecule has 1 amide bonds. The Morgan fingerprint density at radius 1 is 0.933 bits per heavy atom. The Hall–Kier alpha value is -3.81. The number of aromatic nitrogens is 3. The van der Waals surface area contributed by atoms with Gasteiger partial charge >= 0.3 is 6.18 Å². The molecule has 0 aliphatic carbocycles. The van der Waals surface area contributed by atoms with Crippen LogP contribution in [0.25, 0.3) is 22.2 Å². The molecular formula is C22H15F3N4O.